The van der Waals surface area contributed by atoms with Crippen molar-refractivity contribution in [2.75, 3.05) is 26.3 Å². The zero-order valence-corrected chi connectivity index (χ0v) is 11.4. The molecule has 0 radical (unpaired) electrons. The highest BCUT2D eigenvalue weighted by molar-refractivity contribution is 7.80. The van der Waals surface area contributed by atoms with Gasteiger partial charge in [-0.05, 0) is 24.7 Å². The molecular formula is C13H19N3OS. The van der Waals surface area contributed by atoms with Crippen molar-refractivity contribution in [3.8, 4) is 0 Å². The second kappa shape index (κ2) is 6.68. The maximum Gasteiger partial charge on any atom is 0.181 e. The molecule has 0 amide bonds. The molecule has 5 heteroatoms. The monoisotopic (exact) mass is 265 g/mol. The number of nitrogens with one attached hydrogen (secondary N) is 2. The van der Waals surface area contributed by atoms with Crippen molar-refractivity contribution < 1.29 is 4.74 Å². The summed E-state index contributed by atoms with van der Waals surface area (Å²) >= 11 is 5.31. The first kappa shape index (κ1) is 13.3. The molecule has 0 bridgehead atoms. The van der Waals surface area contributed by atoms with Crippen LogP contribution in [0.3, 0.4) is 0 Å². The van der Waals surface area contributed by atoms with Crippen LogP contribution in [0.2, 0.25) is 0 Å². The number of hydrazine groups is 1. The third kappa shape index (κ3) is 3.94. The first-order valence-corrected chi connectivity index (χ1v) is 6.61. The summed E-state index contributed by atoms with van der Waals surface area (Å²) in [6, 6.07) is 10.5. The maximum absolute atomic E-state index is 5.31. The number of ether oxygens (including phenoxy) is 1. The topological polar surface area (TPSA) is 36.5 Å². The van der Waals surface area contributed by atoms with Gasteiger partial charge in [0.15, 0.2) is 5.11 Å². The Morgan fingerprint density at radius 3 is 2.61 bits per heavy atom. The van der Waals surface area contributed by atoms with Crippen LogP contribution in [0, 0.1) is 0 Å². The number of rotatable bonds is 3. The molecular weight excluding hydrogens is 246 g/mol. The lowest BCUT2D eigenvalue weighted by Gasteiger charge is -2.29. The SMILES string of the molecule is CC(NC(=S)NN1CCOCC1)c1ccccc1. The van der Waals surface area contributed by atoms with Gasteiger partial charge in [-0.25, -0.2) is 5.01 Å². The van der Waals surface area contributed by atoms with Gasteiger partial charge in [-0.1, -0.05) is 30.3 Å². The summed E-state index contributed by atoms with van der Waals surface area (Å²) in [4.78, 5) is 0. The zero-order valence-electron chi connectivity index (χ0n) is 10.6. The Kier molecular flexibility index (Phi) is 4.92. The van der Waals surface area contributed by atoms with E-state index in [4.69, 9.17) is 17.0 Å². The third-order valence-corrected chi connectivity index (χ3v) is 3.13. The molecule has 1 saturated heterocycles. The van der Waals surface area contributed by atoms with Crippen molar-refractivity contribution in [3.63, 3.8) is 0 Å². The van der Waals surface area contributed by atoms with E-state index in [9.17, 15) is 0 Å². The number of thiocarbonyl (C=S) groups is 1. The molecule has 0 saturated carbocycles. The van der Waals surface area contributed by atoms with E-state index in [0.29, 0.717) is 5.11 Å². The highest BCUT2D eigenvalue weighted by Crippen LogP contribution is 2.10. The van der Waals surface area contributed by atoms with E-state index >= 15 is 0 Å². The van der Waals surface area contributed by atoms with Gasteiger partial charge in [-0.3, -0.25) is 5.43 Å². The normalized spacial score (nSPS) is 18.1. The Bertz CT molecular complexity index is 379. The van der Waals surface area contributed by atoms with Crippen molar-refractivity contribution in [3.05, 3.63) is 35.9 Å². The fourth-order valence-electron chi connectivity index (χ4n) is 1.87. The minimum Gasteiger partial charge on any atom is -0.379 e. The van der Waals surface area contributed by atoms with E-state index in [1.54, 1.807) is 0 Å². The Morgan fingerprint density at radius 2 is 1.94 bits per heavy atom. The summed E-state index contributed by atoms with van der Waals surface area (Å²) in [5.74, 6) is 0. The third-order valence-electron chi connectivity index (χ3n) is 2.92. The van der Waals surface area contributed by atoms with Crippen LogP contribution in [0.4, 0.5) is 0 Å². The first-order chi connectivity index (χ1) is 8.75. The van der Waals surface area contributed by atoms with E-state index in [1.165, 1.54) is 5.56 Å². The molecule has 4 nitrogen and oxygen atoms in total. The Morgan fingerprint density at radius 1 is 1.28 bits per heavy atom. The predicted molar refractivity (Wildman–Crippen MR) is 76.1 cm³/mol. The van der Waals surface area contributed by atoms with Crippen LogP contribution < -0.4 is 10.7 Å². The molecule has 1 fully saturated rings. The van der Waals surface area contributed by atoms with Crippen LogP contribution in [0.15, 0.2) is 30.3 Å². The molecule has 2 N–H and O–H groups in total. The molecule has 1 unspecified atom stereocenters. The highest BCUT2D eigenvalue weighted by Gasteiger charge is 2.12. The number of benzene rings is 1. The smallest absolute Gasteiger partial charge is 0.181 e. The van der Waals surface area contributed by atoms with Gasteiger partial charge in [-0.15, -0.1) is 0 Å². The summed E-state index contributed by atoms with van der Waals surface area (Å²) in [6.07, 6.45) is 0. The first-order valence-electron chi connectivity index (χ1n) is 6.20. The lowest BCUT2D eigenvalue weighted by atomic mass is 10.1. The lowest BCUT2D eigenvalue weighted by molar-refractivity contribution is 0.0246. The van der Waals surface area contributed by atoms with Crippen molar-refractivity contribution >= 4 is 17.3 Å². The fraction of sp³-hybridized carbons (Fsp3) is 0.462. The molecule has 0 spiro atoms. The maximum atomic E-state index is 5.31. The molecule has 1 aromatic carbocycles. The molecule has 18 heavy (non-hydrogen) atoms. The molecule has 0 aromatic heterocycles. The highest BCUT2D eigenvalue weighted by atomic mass is 32.1. The van der Waals surface area contributed by atoms with Crippen LogP contribution >= 0.6 is 12.2 Å². The second-order valence-corrected chi connectivity index (χ2v) is 4.73. The Balaban J connectivity index is 1.80. The standard InChI is InChI=1S/C13H19N3OS/c1-11(12-5-3-2-4-6-12)14-13(18)15-16-7-9-17-10-8-16/h2-6,11H,7-10H2,1H3,(H2,14,15,18). The van der Waals surface area contributed by atoms with Crippen LogP contribution in [0.5, 0.6) is 0 Å². The minimum absolute atomic E-state index is 0.201. The largest absolute Gasteiger partial charge is 0.379 e. The lowest BCUT2D eigenvalue weighted by Crippen LogP contribution is -2.51. The van der Waals surface area contributed by atoms with Gasteiger partial charge < -0.3 is 10.1 Å². The molecule has 0 aliphatic carbocycles. The van der Waals surface area contributed by atoms with Crippen molar-refractivity contribution in [2.45, 2.75) is 13.0 Å². The van der Waals surface area contributed by atoms with E-state index < -0.39 is 0 Å². The molecule has 1 heterocycles. The average molecular weight is 265 g/mol. The summed E-state index contributed by atoms with van der Waals surface area (Å²) in [5, 5.41) is 6.02. The summed E-state index contributed by atoms with van der Waals surface area (Å²) in [6.45, 7) is 5.33. The van der Waals surface area contributed by atoms with Gasteiger partial charge in [0.05, 0.1) is 19.3 Å². The Hall–Kier alpha value is -1.17. The number of nitrogens with zero attached hydrogens (tertiary/aromatic N) is 1. The van der Waals surface area contributed by atoms with Gasteiger partial charge >= 0.3 is 0 Å². The second-order valence-electron chi connectivity index (χ2n) is 4.32. The number of morpholine rings is 1. The van der Waals surface area contributed by atoms with Crippen molar-refractivity contribution in [1.82, 2.24) is 15.8 Å². The minimum atomic E-state index is 0.201. The number of hydrogen-bond donors (Lipinski definition) is 2. The summed E-state index contributed by atoms with van der Waals surface area (Å²) in [7, 11) is 0. The van der Waals surface area contributed by atoms with Crippen molar-refractivity contribution in [2.24, 2.45) is 0 Å². The van der Waals surface area contributed by atoms with Gasteiger partial charge in [0, 0.05) is 13.1 Å². The molecule has 2 rings (SSSR count). The van der Waals surface area contributed by atoms with E-state index in [2.05, 4.69) is 34.8 Å². The zero-order chi connectivity index (χ0) is 12.8. The molecule has 1 atom stereocenters. The number of hydrogen-bond acceptors (Lipinski definition) is 3. The Labute approximate surface area is 113 Å². The van der Waals surface area contributed by atoms with Crippen LogP contribution in [0.25, 0.3) is 0 Å². The van der Waals surface area contributed by atoms with Gasteiger partial charge in [0.1, 0.15) is 0 Å². The molecule has 1 aromatic rings. The quantitative estimate of drug-likeness (QED) is 0.809. The van der Waals surface area contributed by atoms with Crippen LogP contribution in [0.1, 0.15) is 18.5 Å². The summed E-state index contributed by atoms with van der Waals surface area (Å²) in [5.41, 5.74) is 4.42. The van der Waals surface area contributed by atoms with E-state index in [0.717, 1.165) is 26.3 Å². The average Bonchev–Trinajstić information content (AvgIpc) is 2.40. The van der Waals surface area contributed by atoms with Gasteiger partial charge in [0.25, 0.3) is 0 Å². The van der Waals surface area contributed by atoms with Crippen LogP contribution in [-0.4, -0.2) is 36.4 Å². The molecule has 1 aliphatic heterocycles. The van der Waals surface area contributed by atoms with Crippen LogP contribution in [-0.2, 0) is 4.74 Å². The van der Waals surface area contributed by atoms with Gasteiger partial charge in [-0.2, -0.15) is 0 Å². The van der Waals surface area contributed by atoms with E-state index in [1.807, 2.05) is 18.2 Å². The summed E-state index contributed by atoms with van der Waals surface area (Å²) < 4.78 is 5.29. The fourth-order valence-corrected chi connectivity index (χ4v) is 2.18. The van der Waals surface area contributed by atoms with Crippen molar-refractivity contribution in [1.29, 1.82) is 0 Å². The van der Waals surface area contributed by atoms with Gasteiger partial charge in [0.2, 0.25) is 0 Å². The van der Waals surface area contributed by atoms with E-state index in [-0.39, 0.29) is 6.04 Å². The predicted octanol–water partition coefficient (Wildman–Crippen LogP) is 1.46. The molecule has 98 valence electrons. The molecule has 1 aliphatic rings.